The Morgan fingerprint density at radius 1 is 0.698 bits per heavy atom. The minimum Gasteiger partial charge on any atom is -0.481 e. The average Bonchev–Trinajstić information content (AvgIpc) is 1.78. The molecule has 1 radical (unpaired) electrons. The molecular formula is C69H132N2O14Y. The number of aryl methyl sites for hydroxylation is 3. The number of methoxy groups -OCH3 is 1. The maximum atomic E-state index is 11.4. The number of carboxylic acids is 2. The molecule has 0 aromatic heterocycles. The molecular weight excluding hydrogens is 1170 g/mol. The first-order valence-electron chi connectivity index (χ1n) is 31.7. The predicted molar refractivity (Wildman–Crippen MR) is 350 cm³/mol. The van der Waals surface area contributed by atoms with Crippen molar-refractivity contribution in [2.24, 2.45) is 75.9 Å². The zero-order valence-electron chi connectivity index (χ0n) is 58.2. The number of carbonyl (C=O) groups excluding carboxylic acids is 6. The van der Waals surface area contributed by atoms with Crippen molar-refractivity contribution in [3.8, 4) is 0 Å². The molecule has 17 heteroatoms. The number of benzene rings is 1. The van der Waals surface area contributed by atoms with Gasteiger partial charge in [0.2, 0.25) is 11.8 Å². The fourth-order valence-corrected chi connectivity index (χ4v) is 13.7. The van der Waals surface area contributed by atoms with Crippen molar-refractivity contribution in [1.29, 1.82) is 0 Å². The van der Waals surface area contributed by atoms with Crippen molar-refractivity contribution in [1.82, 2.24) is 10.6 Å². The standard InChI is InChI=1S/C29H52O2.C12H16O6.C9H12.2C3H7NO.2C2H4O2.3C2H6.3CH4.Y/c1-19(2)8-7-9-20(3)25-12-13-26-24-11-10-23-18-22(21(4)31-30)14-16-28(23,5)27(24)15-17-29(25,26)6;1-6(14)3-9-10(18-5-13)4-8(7(2)15)11(9)12(16)17;1-7-4-8(2)6-9(3)5-7;2*1-3(5)4-2;1-4-2-3;1-2(3)4;3*1-2;;;;/h19-27,30H,7-18H2,1-6H3;5,8-11H,3-4H2,1-2H3,(H,16,17);4-6H,1-3H3;2*1-2H3,(H,4,5);2H,1H3;1H3,(H,3,4);3*1-2H3;3*1H4;/i;;;;;;;;;;1D;;;. The van der Waals surface area contributed by atoms with Gasteiger partial charge < -0.3 is 35.1 Å². The van der Waals surface area contributed by atoms with Crippen LogP contribution < -0.4 is 10.6 Å². The van der Waals surface area contributed by atoms with Crippen molar-refractivity contribution in [2.45, 2.75) is 263 Å². The van der Waals surface area contributed by atoms with Crippen LogP contribution in [-0.4, -0.2) is 97.1 Å². The second-order valence-electron chi connectivity index (χ2n) is 23.3. The maximum absolute atomic E-state index is 11.4. The molecule has 16 nitrogen and oxygen atoms in total. The van der Waals surface area contributed by atoms with E-state index in [0.29, 0.717) is 23.2 Å². The molecule has 1 aromatic rings. The number of carbonyl (C=O) groups is 8. The molecule has 5 fully saturated rings. The number of nitrogens with one attached hydrogen (secondary N) is 2. The Morgan fingerprint density at radius 3 is 1.49 bits per heavy atom. The predicted octanol–water partition coefficient (Wildman–Crippen LogP) is 16.0. The molecule has 0 heterocycles. The number of hydrogen-bond acceptors (Lipinski definition) is 12. The first-order valence-corrected chi connectivity index (χ1v) is 30.7. The van der Waals surface area contributed by atoms with Crippen LogP contribution in [0.25, 0.3) is 0 Å². The molecule has 5 saturated carbocycles. The van der Waals surface area contributed by atoms with Crippen molar-refractivity contribution in [3.05, 3.63) is 34.9 Å². The van der Waals surface area contributed by atoms with Gasteiger partial charge in [-0.2, -0.15) is 0 Å². The molecule has 5 aliphatic rings. The quantitative estimate of drug-likeness (QED) is 0.0660. The normalized spacial score (nSPS) is 26.0. The summed E-state index contributed by atoms with van der Waals surface area (Å²) in [6, 6.07) is 6.56. The Hall–Kier alpha value is -3.60. The van der Waals surface area contributed by atoms with E-state index in [1.807, 2.05) is 41.5 Å². The van der Waals surface area contributed by atoms with Gasteiger partial charge in [-0.3, -0.25) is 38.8 Å². The van der Waals surface area contributed by atoms with Crippen molar-refractivity contribution < 1.29 is 102 Å². The first kappa shape index (κ1) is 96.0. The van der Waals surface area contributed by atoms with Gasteiger partial charge in [0.1, 0.15) is 17.7 Å². The molecule has 1 aromatic carbocycles. The number of hydrogen-bond donors (Lipinski definition) is 5. The summed E-state index contributed by atoms with van der Waals surface area (Å²) < 4.78 is 14.4. The number of aliphatic carboxylic acids is 2. The van der Waals surface area contributed by atoms with E-state index in [0.717, 1.165) is 48.3 Å². The van der Waals surface area contributed by atoms with E-state index in [1.165, 1.54) is 136 Å². The third-order valence-corrected chi connectivity index (χ3v) is 17.3. The molecule has 6 rings (SSSR count). The zero-order chi connectivity index (χ0) is 66.7. The van der Waals surface area contributed by atoms with Crippen LogP contribution in [0.15, 0.2) is 18.2 Å². The molecule has 5 aliphatic carbocycles. The molecule has 0 saturated heterocycles. The van der Waals surface area contributed by atoms with Crippen LogP contribution in [0.5, 0.6) is 0 Å². The van der Waals surface area contributed by atoms with E-state index >= 15 is 0 Å². The van der Waals surface area contributed by atoms with Gasteiger partial charge in [-0.1, -0.05) is 153 Å². The Morgan fingerprint density at radius 2 is 1.13 bits per heavy atom. The fourth-order valence-electron chi connectivity index (χ4n) is 13.7. The monoisotopic (exact) mass is 1300 g/mol. The number of fused-ring (bicyclic) bond motifs is 5. The first-order chi connectivity index (χ1) is 39.4. The van der Waals surface area contributed by atoms with Crippen LogP contribution in [-0.2, 0) is 85.4 Å². The van der Waals surface area contributed by atoms with Crippen molar-refractivity contribution in [3.63, 3.8) is 0 Å². The zero-order valence-corrected chi connectivity index (χ0v) is 60.0. The van der Waals surface area contributed by atoms with Gasteiger partial charge in [0, 0.05) is 87.2 Å². The summed E-state index contributed by atoms with van der Waals surface area (Å²) in [5, 5.41) is 30.6. The second kappa shape index (κ2) is 54.3. The van der Waals surface area contributed by atoms with Gasteiger partial charge in [0.05, 0.1) is 19.1 Å². The summed E-state index contributed by atoms with van der Waals surface area (Å²) in [6.45, 7) is 40.5. The van der Waals surface area contributed by atoms with Gasteiger partial charge in [0.25, 0.3) is 18.9 Å². The smallest absolute Gasteiger partial charge is 0.307 e. The number of ketones is 2. The van der Waals surface area contributed by atoms with Crippen LogP contribution >= 0.6 is 0 Å². The van der Waals surface area contributed by atoms with Crippen molar-refractivity contribution >= 4 is 48.3 Å². The van der Waals surface area contributed by atoms with Gasteiger partial charge >= 0.3 is 5.97 Å². The molecule has 14 unspecified atom stereocenters. The van der Waals surface area contributed by atoms with Gasteiger partial charge in [0.15, 0.2) is 0 Å². The second-order valence-corrected chi connectivity index (χ2v) is 23.3. The SMILES string of the molecule is C.C.CC.CC.CC.CC(=O)CC1C(OC=O)CC(C(C)=O)C1C(=O)O.CC(=O)O.CC(C)CCCC(C)C1CCC2C3CCC4CC(C(C)OO)CCC4(C)C3CCC12C.CNC(C)=O.CNC(C)=O.COC=O.Cc1cc(C)cc(C)c1.[2H]C.[Y]. The number of amides is 2. The molecule has 14 atom stereocenters. The van der Waals surface area contributed by atoms with Crippen LogP contribution in [0.2, 0.25) is 0 Å². The molecule has 86 heavy (non-hydrogen) atoms. The maximum Gasteiger partial charge on any atom is 0.307 e. The Labute approximate surface area is 552 Å². The number of Topliss-reactive ketones (excluding diaryl/α,β-unsaturated/α-hetero) is 2. The summed E-state index contributed by atoms with van der Waals surface area (Å²) in [5.41, 5.74) is 5.21. The molecule has 2 amide bonds. The van der Waals surface area contributed by atoms with Gasteiger partial charge in [-0.05, 0) is 164 Å². The van der Waals surface area contributed by atoms with Crippen molar-refractivity contribution in [2.75, 3.05) is 21.2 Å². The van der Waals surface area contributed by atoms with Crippen LogP contribution in [0, 0.1) is 96.7 Å². The minimum atomic E-state index is -1.13. The molecule has 0 aliphatic heterocycles. The van der Waals surface area contributed by atoms with E-state index < -0.39 is 35.8 Å². The largest absolute Gasteiger partial charge is 0.481 e. The fraction of sp³-hybridized carbons (Fsp3) is 0.797. The number of ether oxygens (including phenoxy) is 2. The van der Waals surface area contributed by atoms with E-state index in [1.54, 1.807) is 14.1 Å². The van der Waals surface area contributed by atoms with Gasteiger partial charge in [-0.15, -0.1) is 0 Å². The summed E-state index contributed by atoms with van der Waals surface area (Å²) in [4.78, 5) is 86.4. The third-order valence-electron chi connectivity index (χ3n) is 17.3. The third kappa shape index (κ3) is 36.2. The van der Waals surface area contributed by atoms with Crippen LogP contribution in [0.4, 0.5) is 0 Å². The summed E-state index contributed by atoms with van der Waals surface area (Å²) in [5.74, 6) is 2.37. The Balaban J connectivity index is -0.000000158. The number of rotatable bonds is 14. The molecule has 0 spiro atoms. The molecule has 0 bridgehead atoms. The van der Waals surface area contributed by atoms with E-state index in [4.69, 9.17) is 25.7 Å². The van der Waals surface area contributed by atoms with Crippen LogP contribution in [0.3, 0.4) is 0 Å². The molecule has 505 valence electrons. The van der Waals surface area contributed by atoms with Crippen LogP contribution in [0.1, 0.15) is 248 Å². The Bertz CT molecular complexity index is 1910. The summed E-state index contributed by atoms with van der Waals surface area (Å²) >= 11 is 0. The molecule has 5 N–H and O–H groups in total. The van der Waals surface area contributed by atoms with E-state index in [2.05, 4.69) is 95.9 Å². The average molecular weight is 1300 g/mol. The summed E-state index contributed by atoms with van der Waals surface area (Å²) in [6.07, 6.45) is 16.5. The Kier molecular flexibility index (Phi) is 60.7. The van der Waals surface area contributed by atoms with E-state index in [-0.39, 0.29) is 96.4 Å². The topological polar surface area (TPSA) is 249 Å². The number of carboxylic acid groups (broad SMARTS) is 2. The van der Waals surface area contributed by atoms with Gasteiger partial charge in [-0.25, -0.2) is 4.89 Å². The summed E-state index contributed by atoms with van der Waals surface area (Å²) in [7, 11) is 5.76. The van der Waals surface area contributed by atoms with E-state index in [9.17, 15) is 39.1 Å². The minimum absolute atomic E-state index is 0.